The van der Waals surface area contributed by atoms with E-state index in [1.807, 2.05) is 17.0 Å². The number of nitrogens with zero attached hydrogens (tertiary/aromatic N) is 2. The molecule has 1 aromatic rings. The fraction of sp³-hybridized carbons (Fsp3) is 0.652. The van der Waals surface area contributed by atoms with E-state index < -0.39 is 5.60 Å². The van der Waals surface area contributed by atoms with E-state index in [-0.39, 0.29) is 30.8 Å². The lowest BCUT2D eigenvalue weighted by molar-refractivity contribution is -0.170. The number of rotatable bonds is 6. The molecule has 32 heavy (non-hydrogen) atoms. The van der Waals surface area contributed by atoms with Gasteiger partial charge in [-0.1, -0.05) is 17.7 Å². The summed E-state index contributed by atoms with van der Waals surface area (Å²) in [6.45, 7) is 4.77. The highest BCUT2D eigenvalue weighted by Crippen LogP contribution is 2.28. The summed E-state index contributed by atoms with van der Waals surface area (Å²) in [5.41, 5.74) is -0.920. The fourth-order valence-electron chi connectivity index (χ4n) is 4.45. The average molecular weight is 467 g/mol. The molecule has 4 rings (SSSR count). The van der Waals surface area contributed by atoms with E-state index in [0.29, 0.717) is 70.0 Å². The van der Waals surface area contributed by atoms with Crippen molar-refractivity contribution >= 4 is 23.4 Å². The highest BCUT2D eigenvalue weighted by atomic mass is 35.5. The summed E-state index contributed by atoms with van der Waals surface area (Å²) in [5.74, 6) is 0.668. The topological polar surface area (TPSA) is 77.5 Å². The normalized spacial score (nSPS) is 24.9. The van der Waals surface area contributed by atoms with E-state index >= 15 is 0 Å². The van der Waals surface area contributed by atoms with Crippen molar-refractivity contribution in [3.63, 3.8) is 0 Å². The van der Waals surface area contributed by atoms with Crippen molar-refractivity contribution in [1.29, 1.82) is 0 Å². The van der Waals surface area contributed by atoms with Crippen molar-refractivity contribution < 1.29 is 28.5 Å². The van der Waals surface area contributed by atoms with Gasteiger partial charge in [-0.05, 0) is 31.0 Å². The van der Waals surface area contributed by atoms with Gasteiger partial charge in [0.1, 0.15) is 18.0 Å². The molecule has 176 valence electrons. The van der Waals surface area contributed by atoms with E-state index in [0.717, 1.165) is 12.8 Å². The highest BCUT2D eigenvalue weighted by molar-refractivity contribution is 6.30. The van der Waals surface area contributed by atoms with Crippen LogP contribution in [0.15, 0.2) is 24.3 Å². The van der Waals surface area contributed by atoms with Gasteiger partial charge < -0.3 is 28.7 Å². The van der Waals surface area contributed by atoms with Crippen LogP contribution in [0.25, 0.3) is 0 Å². The second-order valence-electron chi connectivity index (χ2n) is 8.59. The minimum atomic E-state index is -0.920. The van der Waals surface area contributed by atoms with Crippen LogP contribution in [0.2, 0.25) is 5.02 Å². The lowest BCUT2D eigenvalue weighted by Gasteiger charge is -2.44. The standard InChI is InChI=1S/C23H31ClN2O6/c24-19-2-1-3-20(14-19)31-17-23(15-21(27)25-6-11-30-12-7-25)16-26(8-13-32-23)22(28)18-4-9-29-10-5-18/h1-3,14,18H,4-13,15-17H2/t23-/m0/s1. The quantitative estimate of drug-likeness (QED) is 0.638. The largest absolute Gasteiger partial charge is 0.490 e. The molecule has 0 aliphatic carbocycles. The lowest BCUT2D eigenvalue weighted by Crippen LogP contribution is -2.59. The van der Waals surface area contributed by atoms with Gasteiger partial charge in [-0.2, -0.15) is 0 Å². The van der Waals surface area contributed by atoms with Gasteiger partial charge in [0.15, 0.2) is 0 Å². The molecule has 0 N–H and O–H groups in total. The fourth-order valence-corrected chi connectivity index (χ4v) is 4.63. The molecule has 0 saturated carbocycles. The maximum atomic E-state index is 13.2. The summed E-state index contributed by atoms with van der Waals surface area (Å²) >= 11 is 6.09. The monoisotopic (exact) mass is 466 g/mol. The predicted octanol–water partition coefficient (Wildman–Crippen LogP) is 1.99. The second-order valence-corrected chi connectivity index (χ2v) is 9.03. The van der Waals surface area contributed by atoms with Crippen molar-refractivity contribution in [2.75, 3.05) is 65.8 Å². The third-order valence-corrected chi connectivity index (χ3v) is 6.50. The van der Waals surface area contributed by atoms with Gasteiger partial charge in [0.2, 0.25) is 11.8 Å². The van der Waals surface area contributed by atoms with Crippen molar-refractivity contribution in [2.45, 2.75) is 24.9 Å². The van der Waals surface area contributed by atoms with E-state index in [4.69, 9.17) is 30.5 Å². The van der Waals surface area contributed by atoms with Crippen LogP contribution in [-0.4, -0.2) is 93.0 Å². The first-order valence-corrected chi connectivity index (χ1v) is 11.7. The number of carbonyl (C=O) groups is 2. The number of morpholine rings is 2. The zero-order valence-electron chi connectivity index (χ0n) is 18.3. The van der Waals surface area contributed by atoms with Gasteiger partial charge in [0.05, 0.1) is 32.8 Å². The summed E-state index contributed by atoms with van der Waals surface area (Å²) in [5, 5.41) is 0.571. The van der Waals surface area contributed by atoms with Gasteiger partial charge >= 0.3 is 0 Å². The molecule has 1 aromatic carbocycles. The van der Waals surface area contributed by atoms with Gasteiger partial charge in [0, 0.05) is 43.8 Å². The summed E-state index contributed by atoms with van der Waals surface area (Å²) < 4.78 is 23.0. The SMILES string of the molecule is O=C(C[C@@]1(COc2cccc(Cl)c2)CN(C(=O)C2CCOCC2)CCO1)N1CCOCC1. The van der Waals surface area contributed by atoms with Crippen molar-refractivity contribution in [3.05, 3.63) is 29.3 Å². The molecule has 0 spiro atoms. The summed E-state index contributed by atoms with van der Waals surface area (Å²) in [6.07, 6.45) is 1.61. The Bertz CT molecular complexity index is 796. The molecule has 3 aliphatic rings. The first kappa shape index (κ1) is 23.3. The van der Waals surface area contributed by atoms with Gasteiger partial charge in [-0.25, -0.2) is 0 Å². The Balaban J connectivity index is 1.48. The molecule has 3 saturated heterocycles. The molecule has 0 radical (unpaired) electrons. The third kappa shape index (κ3) is 5.92. The van der Waals surface area contributed by atoms with Crippen LogP contribution in [0.4, 0.5) is 0 Å². The van der Waals surface area contributed by atoms with Gasteiger partial charge in [-0.15, -0.1) is 0 Å². The minimum Gasteiger partial charge on any atom is -0.490 e. The van der Waals surface area contributed by atoms with E-state index in [9.17, 15) is 9.59 Å². The Kier molecular flexibility index (Phi) is 7.88. The summed E-state index contributed by atoms with van der Waals surface area (Å²) in [6, 6.07) is 7.13. The number of ether oxygens (including phenoxy) is 4. The molecular formula is C23H31ClN2O6. The molecule has 2 amide bonds. The third-order valence-electron chi connectivity index (χ3n) is 6.27. The molecule has 0 bridgehead atoms. The molecule has 0 unspecified atom stereocenters. The van der Waals surface area contributed by atoms with Crippen LogP contribution in [0.5, 0.6) is 5.75 Å². The van der Waals surface area contributed by atoms with Crippen molar-refractivity contribution in [1.82, 2.24) is 9.80 Å². The Morgan fingerprint density at radius 1 is 1.03 bits per heavy atom. The Hall–Kier alpha value is -1.87. The lowest BCUT2D eigenvalue weighted by atomic mass is 9.93. The Morgan fingerprint density at radius 3 is 2.50 bits per heavy atom. The number of halogens is 1. The zero-order chi connectivity index (χ0) is 22.4. The first-order valence-electron chi connectivity index (χ1n) is 11.3. The van der Waals surface area contributed by atoms with Crippen LogP contribution in [0, 0.1) is 5.92 Å². The zero-order valence-corrected chi connectivity index (χ0v) is 19.1. The van der Waals surface area contributed by atoms with E-state index in [1.54, 1.807) is 17.0 Å². The van der Waals surface area contributed by atoms with Crippen LogP contribution >= 0.6 is 11.6 Å². The molecule has 8 nitrogen and oxygen atoms in total. The molecule has 3 aliphatic heterocycles. The van der Waals surface area contributed by atoms with Crippen molar-refractivity contribution in [2.24, 2.45) is 5.92 Å². The number of benzene rings is 1. The number of hydrogen-bond acceptors (Lipinski definition) is 6. The molecule has 1 atom stereocenters. The molecule has 9 heteroatoms. The summed E-state index contributed by atoms with van der Waals surface area (Å²) in [4.78, 5) is 29.9. The van der Waals surface area contributed by atoms with Crippen LogP contribution in [-0.2, 0) is 23.8 Å². The molecule has 3 heterocycles. The highest BCUT2D eigenvalue weighted by Gasteiger charge is 2.43. The van der Waals surface area contributed by atoms with Crippen molar-refractivity contribution in [3.8, 4) is 5.75 Å². The maximum absolute atomic E-state index is 13.2. The first-order chi connectivity index (χ1) is 15.5. The number of carbonyl (C=O) groups excluding carboxylic acids is 2. The number of hydrogen-bond donors (Lipinski definition) is 0. The predicted molar refractivity (Wildman–Crippen MR) is 118 cm³/mol. The van der Waals surface area contributed by atoms with Gasteiger partial charge in [0.25, 0.3) is 0 Å². The number of amides is 2. The Morgan fingerprint density at radius 2 is 1.75 bits per heavy atom. The van der Waals surface area contributed by atoms with Crippen LogP contribution in [0.3, 0.4) is 0 Å². The second kappa shape index (κ2) is 10.8. The van der Waals surface area contributed by atoms with Gasteiger partial charge in [-0.3, -0.25) is 9.59 Å². The van der Waals surface area contributed by atoms with E-state index in [2.05, 4.69) is 0 Å². The smallest absolute Gasteiger partial charge is 0.226 e. The van der Waals surface area contributed by atoms with Crippen LogP contribution < -0.4 is 4.74 Å². The molecule has 0 aromatic heterocycles. The maximum Gasteiger partial charge on any atom is 0.226 e. The van der Waals surface area contributed by atoms with Crippen LogP contribution in [0.1, 0.15) is 19.3 Å². The van der Waals surface area contributed by atoms with E-state index in [1.165, 1.54) is 0 Å². The molecular weight excluding hydrogens is 436 g/mol. The minimum absolute atomic E-state index is 0.0108. The average Bonchev–Trinajstić information content (AvgIpc) is 2.84. The summed E-state index contributed by atoms with van der Waals surface area (Å²) in [7, 11) is 0. The Labute approximate surface area is 193 Å². The molecule has 3 fully saturated rings.